The molecule has 1 heterocycles. The van der Waals surface area contributed by atoms with Gasteiger partial charge in [0.2, 0.25) is 11.6 Å². The second-order valence-electron chi connectivity index (χ2n) is 6.41. The molecule has 1 amide bonds. The van der Waals surface area contributed by atoms with E-state index in [1.807, 2.05) is 5.48 Å². The number of amidine groups is 1. The maximum absolute atomic E-state index is 13.3. The number of hydrogen-bond donors (Lipinski definition) is 3. The highest BCUT2D eigenvalue weighted by molar-refractivity contribution is 6.31. The Morgan fingerprint density at radius 3 is 2.79 bits per heavy atom. The first kappa shape index (κ1) is 20.7. The fourth-order valence-electron chi connectivity index (χ4n) is 2.66. The van der Waals surface area contributed by atoms with Crippen LogP contribution in [0, 0.1) is 11.2 Å². The first-order valence-electron chi connectivity index (χ1n) is 8.60. The van der Waals surface area contributed by atoms with E-state index in [0.717, 1.165) is 6.07 Å². The second-order valence-corrected chi connectivity index (χ2v) is 6.82. The van der Waals surface area contributed by atoms with Crippen molar-refractivity contribution in [2.75, 3.05) is 6.61 Å². The van der Waals surface area contributed by atoms with Crippen molar-refractivity contribution in [3.05, 3.63) is 34.7 Å². The maximum atomic E-state index is 13.3. The highest BCUT2D eigenvalue weighted by Gasteiger charge is 2.54. The summed E-state index contributed by atoms with van der Waals surface area (Å²) in [6.07, 6.45) is 1.40. The van der Waals surface area contributed by atoms with E-state index in [1.165, 1.54) is 12.1 Å². The van der Waals surface area contributed by atoms with Crippen LogP contribution in [-0.4, -0.2) is 39.7 Å². The van der Waals surface area contributed by atoms with Gasteiger partial charge in [-0.25, -0.2) is 14.0 Å². The highest BCUT2D eigenvalue weighted by Crippen LogP contribution is 2.47. The average molecular weight is 426 g/mol. The SMILES string of the molecule is NC(=O)C1(C(=O)CCCOc2nonc2C(=Nc2ccc(F)c(Cl)c2)NO)CC1. The number of aliphatic imine (C=N–C) groups is 1. The number of nitrogens with zero attached hydrogens (tertiary/aromatic N) is 3. The van der Waals surface area contributed by atoms with Crippen LogP contribution >= 0.6 is 11.6 Å². The van der Waals surface area contributed by atoms with Gasteiger partial charge in [0, 0.05) is 6.42 Å². The lowest BCUT2D eigenvalue weighted by Crippen LogP contribution is -2.32. The normalized spacial score (nSPS) is 15.1. The number of carbonyl (C=O) groups excluding carboxylic acids is 2. The van der Waals surface area contributed by atoms with Crippen molar-refractivity contribution in [1.82, 2.24) is 15.8 Å². The molecule has 1 aliphatic carbocycles. The fourth-order valence-corrected chi connectivity index (χ4v) is 2.84. The van der Waals surface area contributed by atoms with E-state index < -0.39 is 17.1 Å². The van der Waals surface area contributed by atoms with Crippen molar-refractivity contribution in [3.8, 4) is 5.88 Å². The molecule has 0 radical (unpaired) electrons. The van der Waals surface area contributed by atoms with Crippen LogP contribution in [0.1, 0.15) is 31.4 Å². The van der Waals surface area contributed by atoms with Crippen molar-refractivity contribution in [1.29, 1.82) is 0 Å². The Kier molecular flexibility index (Phi) is 6.09. The van der Waals surface area contributed by atoms with Crippen LogP contribution in [0.3, 0.4) is 0 Å². The Labute approximate surface area is 168 Å². The van der Waals surface area contributed by atoms with E-state index in [-0.39, 0.29) is 46.9 Å². The molecule has 12 heteroatoms. The molecule has 0 unspecified atom stereocenters. The van der Waals surface area contributed by atoms with E-state index in [0.29, 0.717) is 19.3 Å². The first-order valence-corrected chi connectivity index (χ1v) is 8.98. The third kappa shape index (κ3) is 4.51. The van der Waals surface area contributed by atoms with Gasteiger partial charge in [-0.15, -0.1) is 0 Å². The van der Waals surface area contributed by atoms with Crippen molar-refractivity contribution in [2.24, 2.45) is 16.1 Å². The van der Waals surface area contributed by atoms with Gasteiger partial charge in [-0.1, -0.05) is 11.6 Å². The molecule has 1 saturated carbocycles. The van der Waals surface area contributed by atoms with Crippen LogP contribution in [0.25, 0.3) is 0 Å². The summed E-state index contributed by atoms with van der Waals surface area (Å²) in [6.45, 7) is 0.0723. The number of nitrogens with two attached hydrogens (primary N) is 1. The van der Waals surface area contributed by atoms with Gasteiger partial charge in [0.25, 0.3) is 5.88 Å². The Morgan fingerprint density at radius 1 is 1.41 bits per heavy atom. The van der Waals surface area contributed by atoms with E-state index in [1.54, 1.807) is 0 Å². The second kappa shape index (κ2) is 8.53. The van der Waals surface area contributed by atoms with E-state index in [2.05, 4.69) is 19.9 Å². The summed E-state index contributed by atoms with van der Waals surface area (Å²) in [5, 5.41) is 16.4. The van der Waals surface area contributed by atoms with E-state index in [4.69, 9.17) is 22.1 Å². The Balaban J connectivity index is 1.62. The monoisotopic (exact) mass is 425 g/mol. The minimum atomic E-state index is -1.02. The standard InChI is InChI=1S/C17H17ClFN5O5/c18-10-8-9(3-4-11(10)19)21-14(22-27)13-15(24-29-23-13)28-7-1-2-12(25)17(5-6-17)16(20)26/h3-4,8,27H,1-2,5-7H2,(H2,20,26)(H,21,22). The average Bonchev–Trinajstić information content (AvgIpc) is 3.39. The summed E-state index contributed by atoms with van der Waals surface area (Å²) >= 11 is 5.71. The topological polar surface area (TPSA) is 153 Å². The van der Waals surface area contributed by atoms with Gasteiger partial charge in [-0.05, 0) is 47.8 Å². The molecule has 10 nitrogen and oxygen atoms in total. The minimum absolute atomic E-state index is 0.0462. The molecule has 2 aromatic rings. The number of ketones is 1. The maximum Gasteiger partial charge on any atom is 0.287 e. The van der Waals surface area contributed by atoms with Gasteiger partial charge >= 0.3 is 0 Å². The quantitative estimate of drug-likeness (QED) is 0.181. The highest BCUT2D eigenvalue weighted by atomic mass is 35.5. The van der Waals surface area contributed by atoms with Gasteiger partial charge in [-0.3, -0.25) is 20.3 Å². The predicted molar refractivity (Wildman–Crippen MR) is 97.4 cm³/mol. The van der Waals surface area contributed by atoms with Crippen LogP contribution in [0.15, 0.2) is 27.8 Å². The molecular formula is C17H17ClFN5O5. The fraction of sp³-hybridized carbons (Fsp3) is 0.353. The van der Waals surface area contributed by atoms with E-state index in [9.17, 15) is 19.2 Å². The van der Waals surface area contributed by atoms with Crippen LogP contribution in [0.4, 0.5) is 10.1 Å². The Bertz CT molecular complexity index is 959. The van der Waals surface area contributed by atoms with Crippen LogP contribution in [0.2, 0.25) is 5.02 Å². The number of carbonyl (C=O) groups is 2. The molecule has 154 valence electrons. The van der Waals surface area contributed by atoms with Crippen LogP contribution in [0.5, 0.6) is 5.88 Å². The summed E-state index contributed by atoms with van der Waals surface area (Å²) in [5.74, 6) is -1.68. The summed E-state index contributed by atoms with van der Waals surface area (Å²) in [7, 11) is 0. The molecule has 1 fully saturated rings. The molecule has 1 aliphatic rings. The molecule has 0 saturated heterocycles. The van der Waals surface area contributed by atoms with E-state index >= 15 is 0 Å². The predicted octanol–water partition coefficient (Wildman–Crippen LogP) is 1.91. The summed E-state index contributed by atoms with van der Waals surface area (Å²) in [6, 6.07) is 3.70. The van der Waals surface area contributed by atoms with Gasteiger partial charge < -0.3 is 10.5 Å². The van der Waals surface area contributed by atoms with Gasteiger partial charge in [-0.2, -0.15) is 0 Å². The van der Waals surface area contributed by atoms with Crippen molar-refractivity contribution in [2.45, 2.75) is 25.7 Å². The lowest BCUT2D eigenvalue weighted by Gasteiger charge is -2.09. The third-order valence-electron chi connectivity index (χ3n) is 4.48. The zero-order chi connectivity index (χ0) is 21.0. The summed E-state index contributed by atoms with van der Waals surface area (Å²) < 4.78 is 23.3. The molecule has 0 aliphatic heterocycles. The minimum Gasteiger partial charge on any atom is -0.474 e. The summed E-state index contributed by atoms with van der Waals surface area (Å²) in [4.78, 5) is 27.5. The number of hydroxylamine groups is 1. The number of hydrogen-bond acceptors (Lipinski definition) is 8. The third-order valence-corrected chi connectivity index (χ3v) is 4.76. The Hall–Kier alpha value is -3.05. The van der Waals surface area contributed by atoms with Crippen LogP contribution < -0.4 is 16.0 Å². The molecule has 4 N–H and O–H groups in total. The lowest BCUT2D eigenvalue weighted by molar-refractivity contribution is -0.134. The number of Topliss-reactive ketones (excluding diaryl/α,β-unsaturated/α-hetero) is 1. The molecule has 0 bridgehead atoms. The molecular weight excluding hydrogens is 409 g/mol. The van der Waals surface area contributed by atoms with Crippen LogP contribution in [-0.2, 0) is 9.59 Å². The number of ether oxygens (including phenoxy) is 1. The Morgan fingerprint density at radius 2 is 2.17 bits per heavy atom. The largest absolute Gasteiger partial charge is 0.474 e. The molecule has 3 rings (SSSR count). The first-order chi connectivity index (χ1) is 13.9. The number of rotatable bonds is 9. The zero-order valence-electron chi connectivity index (χ0n) is 15.0. The number of amides is 1. The number of aromatic nitrogens is 2. The number of primary amides is 1. The van der Waals surface area contributed by atoms with Gasteiger partial charge in [0.05, 0.1) is 17.3 Å². The summed E-state index contributed by atoms with van der Waals surface area (Å²) in [5.41, 5.74) is 6.28. The number of halogens is 2. The molecule has 29 heavy (non-hydrogen) atoms. The molecule has 1 aromatic carbocycles. The zero-order valence-corrected chi connectivity index (χ0v) is 15.8. The van der Waals surface area contributed by atoms with Crippen molar-refractivity contribution in [3.63, 3.8) is 0 Å². The molecule has 0 atom stereocenters. The molecule has 1 aromatic heterocycles. The lowest BCUT2D eigenvalue weighted by atomic mass is 9.97. The van der Waals surface area contributed by atoms with Crippen molar-refractivity contribution >= 4 is 34.8 Å². The van der Waals surface area contributed by atoms with Crippen molar-refractivity contribution < 1.29 is 28.6 Å². The number of benzene rings is 1. The van der Waals surface area contributed by atoms with Gasteiger partial charge in [0.1, 0.15) is 17.0 Å². The number of nitrogens with one attached hydrogen (secondary N) is 1. The smallest absolute Gasteiger partial charge is 0.287 e. The van der Waals surface area contributed by atoms with Gasteiger partial charge in [0.15, 0.2) is 5.84 Å². The molecule has 0 spiro atoms.